The van der Waals surface area contributed by atoms with Crippen molar-refractivity contribution in [2.24, 2.45) is 0 Å². The van der Waals surface area contributed by atoms with E-state index in [1.54, 1.807) is 0 Å². The summed E-state index contributed by atoms with van der Waals surface area (Å²) in [6.07, 6.45) is 0. The Morgan fingerprint density at radius 2 is 1.30 bits per heavy atom. The molecule has 0 heterocycles. The standard InChI is InChI=1S/C18H21NO/c1-13(2)14-5-7-15(8-6-14)18(20)16-9-11-17(12-10-16)19(3)4/h5-13H,1-4H3. The molecule has 0 fully saturated rings. The Balaban J connectivity index is 2.22. The zero-order valence-electron chi connectivity index (χ0n) is 12.6. The van der Waals surface area contributed by atoms with Crippen molar-refractivity contribution in [3.05, 3.63) is 65.2 Å². The highest BCUT2D eigenvalue weighted by Crippen LogP contribution is 2.18. The molecule has 0 aliphatic heterocycles. The highest BCUT2D eigenvalue weighted by molar-refractivity contribution is 6.09. The van der Waals surface area contributed by atoms with E-state index in [2.05, 4.69) is 13.8 Å². The highest BCUT2D eigenvalue weighted by atomic mass is 16.1. The number of rotatable bonds is 4. The van der Waals surface area contributed by atoms with Crippen molar-refractivity contribution < 1.29 is 4.79 Å². The number of benzene rings is 2. The van der Waals surface area contributed by atoms with Gasteiger partial charge in [0.05, 0.1) is 0 Å². The predicted octanol–water partition coefficient (Wildman–Crippen LogP) is 4.11. The molecule has 2 rings (SSSR count). The first kappa shape index (κ1) is 14.3. The van der Waals surface area contributed by atoms with E-state index in [1.165, 1.54) is 5.56 Å². The molecule has 0 saturated carbocycles. The van der Waals surface area contributed by atoms with E-state index in [-0.39, 0.29) is 5.78 Å². The van der Waals surface area contributed by atoms with Crippen molar-refractivity contribution in [3.63, 3.8) is 0 Å². The number of carbonyl (C=O) groups excluding carboxylic acids is 1. The average molecular weight is 267 g/mol. The minimum atomic E-state index is 0.0746. The van der Waals surface area contributed by atoms with Crippen LogP contribution in [0.25, 0.3) is 0 Å². The van der Waals surface area contributed by atoms with Gasteiger partial charge in [-0.3, -0.25) is 4.79 Å². The quantitative estimate of drug-likeness (QED) is 0.777. The Morgan fingerprint density at radius 1 is 0.850 bits per heavy atom. The van der Waals surface area contributed by atoms with Gasteiger partial charge in [-0.1, -0.05) is 38.1 Å². The van der Waals surface area contributed by atoms with E-state index in [0.29, 0.717) is 5.92 Å². The van der Waals surface area contributed by atoms with Crippen LogP contribution in [0, 0.1) is 0 Å². The summed E-state index contributed by atoms with van der Waals surface area (Å²) < 4.78 is 0. The van der Waals surface area contributed by atoms with Gasteiger partial charge in [0.15, 0.2) is 5.78 Å². The summed E-state index contributed by atoms with van der Waals surface area (Å²) in [5.74, 6) is 0.559. The van der Waals surface area contributed by atoms with Crippen molar-refractivity contribution in [3.8, 4) is 0 Å². The molecule has 0 aromatic heterocycles. The van der Waals surface area contributed by atoms with Gasteiger partial charge in [-0.25, -0.2) is 0 Å². The molecule has 0 unspecified atom stereocenters. The molecule has 0 amide bonds. The van der Waals surface area contributed by atoms with Crippen LogP contribution in [0.5, 0.6) is 0 Å². The number of anilines is 1. The monoisotopic (exact) mass is 267 g/mol. The summed E-state index contributed by atoms with van der Waals surface area (Å²) in [5.41, 5.74) is 3.82. The van der Waals surface area contributed by atoms with Gasteiger partial charge in [0.2, 0.25) is 0 Å². The molecule has 2 aromatic rings. The van der Waals surface area contributed by atoms with E-state index in [1.807, 2.05) is 67.5 Å². The van der Waals surface area contributed by atoms with Gasteiger partial charge in [-0.15, -0.1) is 0 Å². The zero-order valence-corrected chi connectivity index (χ0v) is 12.6. The van der Waals surface area contributed by atoms with Crippen LogP contribution in [0.15, 0.2) is 48.5 Å². The first-order valence-corrected chi connectivity index (χ1v) is 6.91. The van der Waals surface area contributed by atoms with E-state index in [0.717, 1.165) is 16.8 Å². The first-order valence-electron chi connectivity index (χ1n) is 6.91. The van der Waals surface area contributed by atoms with Crippen LogP contribution in [0.1, 0.15) is 41.3 Å². The van der Waals surface area contributed by atoms with Gasteiger partial charge in [0, 0.05) is 30.9 Å². The summed E-state index contributed by atoms with van der Waals surface area (Å²) in [6.45, 7) is 4.30. The van der Waals surface area contributed by atoms with E-state index < -0.39 is 0 Å². The van der Waals surface area contributed by atoms with Gasteiger partial charge >= 0.3 is 0 Å². The fraction of sp³-hybridized carbons (Fsp3) is 0.278. The molecule has 2 aromatic carbocycles. The zero-order chi connectivity index (χ0) is 14.7. The number of hydrogen-bond donors (Lipinski definition) is 0. The van der Waals surface area contributed by atoms with Crippen molar-refractivity contribution in [1.82, 2.24) is 0 Å². The number of ketones is 1. The third kappa shape index (κ3) is 3.08. The molecule has 2 heteroatoms. The maximum absolute atomic E-state index is 12.4. The molecule has 0 spiro atoms. The molecule has 20 heavy (non-hydrogen) atoms. The van der Waals surface area contributed by atoms with Gasteiger partial charge in [-0.05, 0) is 35.7 Å². The smallest absolute Gasteiger partial charge is 0.193 e. The van der Waals surface area contributed by atoms with Crippen molar-refractivity contribution in [1.29, 1.82) is 0 Å². The lowest BCUT2D eigenvalue weighted by atomic mass is 9.98. The van der Waals surface area contributed by atoms with Crippen LogP contribution < -0.4 is 4.90 Å². The summed E-state index contributed by atoms with van der Waals surface area (Å²) in [4.78, 5) is 14.4. The third-order valence-electron chi connectivity index (χ3n) is 3.49. The lowest BCUT2D eigenvalue weighted by Gasteiger charge is -2.12. The Labute approximate surface area is 121 Å². The number of carbonyl (C=O) groups is 1. The van der Waals surface area contributed by atoms with Crippen LogP contribution in [-0.2, 0) is 0 Å². The second-order valence-corrected chi connectivity index (χ2v) is 5.55. The number of hydrogen-bond acceptors (Lipinski definition) is 2. The predicted molar refractivity (Wildman–Crippen MR) is 84.7 cm³/mol. The summed E-state index contributed by atoms with van der Waals surface area (Å²) in [6, 6.07) is 15.6. The first-order chi connectivity index (χ1) is 9.49. The molecular formula is C18H21NO. The third-order valence-corrected chi connectivity index (χ3v) is 3.49. The van der Waals surface area contributed by atoms with E-state index in [4.69, 9.17) is 0 Å². The minimum Gasteiger partial charge on any atom is -0.378 e. The Kier molecular flexibility index (Phi) is 4.23. The van der Waals surface area contributed by atoms with E-state index >= 15 is 0 Å². The molecule has 0 aliphatic carbocycles. The molecule has 104 valence electrons. The average Bonchev–Trinajstić information content (AvgIpc) is 2.46. The van der Waals surface area contributed by atoms with Crippen LogP contribution in [0.3, 0.4) is 0 Å². The second-order valence-electron chi connectivity index (χ2n) is 5.55. The largest absolute Gasteiger partial charge is 0.378 e. The normalized spacial score (nSPS) is 10.7. The maximum Gasteiger partial charge on any atom is 0.193 e. The summed E-state index contributed by atoms with van der Waals surface area (Å²) >= 11 is 0. The summed E-state index contributed by atoms with van der Waals surface area (Å²) in [5, 5.41) is 0. The van der Waals surface area contributed by atoms with Gasteiger partial charge in [-0.2, -0.15) is 0 Å². The minimum absolute atomic E-state index is 0.0746. The van der Waals surface area contributed by atoms with Crippen molar-refractivity contribution in [2.75, 3.05) is 19.0 Å². The molecule has 0 radical (unpaired) electrons. The Hall–Kier alpha value is -2.09. The van der Waals surface area contributed by atoms with Gasteiger partial charge in [0.25, 0.3) is 0 Å². The molecule has 0 bridgehead atoms. The fourth-order valence-electron chi connectivity index (χ4n) is 2.10. The van der Waals surface area contributed by atoms with Crippen LogP contribution in [0.2, 0.25) is 0 Å². The van der Waals surface area contributed by atoms with Crippen LogP contribution in [0.4, 0.5) is 5.69 Å². The van der Waals surface area contributed by atoms with Crippen molar-refractivity contribution in [2.45, 2.75) is 19.8 Å². The van der Waals surface area contributed by atoms with Gasteiger partial charge < -0.3 is 4.90 Å². The van der Waals surface area contributed by atoms with Gasteiger partial charge in [0.1, 0.15) is 0 Å². The van der Waals surface area contributed by atoms with E-state index in [9.17, 15) is 4.79 Å². The molecule has 2 nitrogen and oxygen atoms in total. The highest BCUT2D eigenvalue weighted by Gasteiger charge is 2.09. The maximum atomic E-state index is 12.4. The molecule has 0 aliphatic rings. The Morgan fingerprint density at radius 3 is 1.70 bits per heavy atom. The molecule has 0 saturated heterocycles. The SMILES string of the molecule is CC(C)c1ccc(C(=O)c2ccc(N(C)C)cc2)cc1. The lowest BCUT2D eigenvalue weighted by Crippen LogP contribution is -2.09. The van der Waals surface area contributed by atoms with Crippen LogP contribution >= 0.6 is 0 Å². The summed E-state index contributed by atoms with van der Waals surface area (Å²) in [7, 11) is 3.98. The lowest BCUT2D eigenvalue weighted by molar-refractivity contribution is 0.103. The number of nitrogens with zero attached hydrogens (tertiary/aromatic N) is 1. The molecule has 0 atom stereocenters. The van der Waals surface area contributed by atoms with Crippen LogP contribution in [-0.4, -0.2) is 19.9 Å². The molecular weight excluding hydrogens is 246 g/mol. The fourth-order valence-corrected chi connectivity index (χ4v) is 2.10. The Bertz CT molecular complexity index is 526. The van der Waals surface area contributed by atoms with Crippen molar-refractivity contribution >= 4 is 11.5 Å². The topological polar surface area (TPSA) is 20.3 Å². The second kappa shape index (κ2) is 5.91. The molecule has 0 N–H and O–H groups in total.